The van der Waals surface area contributed by atoms with Crippen molar-refractivity contribution in [3.63, 3.8) is 0 Å². The number of carbonyl (C=O) groups is 2. The number of nitrogens with one attached hydrogen (secondary N) is 1. The Balaban J connectivity index is 1.62. The lowest BCUT2D eigenvalue weighted by molar-refractivity contribution is -0.139. The first-order chi connectivity index (χ1) is 17.7. The second kappa shape index (κ2) is 11.5. The second-order valence-corrected chi connectivity index (χ2v) is 11.2. The van der Waals surface area contributed by atoms with Gasteiger partial charge in [-0.1, -0.05) is 48.0 Å². The van der Waals surface area contributed by atoms with Crippen molar-refractivity contribution in [2.24, 2.45) is 0 Å². The van der Waals surface area contributed by atoms with Gasteiger partial charge in [-0.25, -0.2) is 18.0 Å². The number of carbonyl (C=O) groups excluding carboxylic acids is 2. The molecule has 10 heteroatoms. The summed E-state index contributed by atoms with van der Waals surface area (Å²) in [6.45, 7) is 6.06. The highest BCUT2D eigenvalue weighted by molar-refractivity contribution is 7.89. The van der Waals surface area contributed by atoms with E-state index in [-0.39, 0.29) is 17.5 Å². The SMILES string of the molecule is CCOC(=O)C1=C(CN2CCCN(S(=O)(=O)c3ccccc3)CC2)N(C)C(=O)NC1c1cccc(C)c1. The Morgan fingerprint density at radius 1 is 1.05 bits per heavy atom. The molecule has 1 saturated heterocycles. The lowest BCUT2D eigenvalue weighted by Crippen LogP contribution is -2.49. The van der Waals surface area contributed by atoms with Crippen molar-refractivity contribution in [2.45, 2.75) is 31.2 Å². The predicted octanol–water partition coefficient (Wildman–Crippen LogP) is 2.90. The minimum atomic E-state index is -3.60. The van der Waals surface area contributed by atoms with Crippen molar-refractivity contribution in [3.05, 3.63) is 77.0 Å². The first-order valence-electron chi connectivity index (χ1n) is 12.5. The number of nitrogens with zero attached hydrogens (tertiary/aromatic N) is 3. The first kappa shape index (κ1) is 26.8. The molecule has 4 rings (SSSR count). The Kier molecular flexibility index (Phi) is 8.31. The maximum atomic E-state index is 13.2. The molecule has 37 heavy (non-hydrogen) atoms. The third-order valence-electron chi connectivity index (χ3n) is 6.75. The standard InChI is InChI=1S/C27H34N4O5S/c1-4-36-26(32)24-23(29(3)27(33)28-25(24)21-11-8-10-20(2)18-21)19-30-14-9-15-31(17-16-30)37(34,35)22-12-6-5-7-13-22/h5-8,10-13,18,25H,4,9,14-17,19H2,1-3H3,(H,28,33). The zero-order chi connectivity index (χ0) is 26.6. The van der Waals surface area contributed by atoms with Gasteiger partial charge in [0.25, 0.3) is 0 Å². The molecule has 1 atom stereocenters. The molecule has 2 aromatic rings. The Hall–Kier alpha value is -3.21. The molecule has 2 aromatic carbocycles. The molecule has 0 aromatic heterocycles. The molecular formula is C27H34N4O5S. The third-order valence-corrected chi connectivity index (χ3v) is 8.66. The summed E-state index contributed by atoms with van der Waals surface area (Å²) in [5, 5.41) is 2.95. The highest BCUT2D eigenvalue weighted by Gasteiger charge is 2.38. The van der Waals surface area contributed by atoms with Crippen LogP contribution in [-0.2, 0) is 19.6 Å². The number of likely N-dealkylation sites (N-methyl/N-ethyl adjacent to an activating group) is 1. The number of hydrogen-bond donors (Lipinski definition) is 1. The summed E-state index contributed by atoms with van der Waals surface area (Å²) in [6, 6.07) is 15.2. The number of aryl methyl sites for hydroxylation is 1. The van der Waals surface area contributed by atoms with Crippen molar-refractivity contribution in [3.8, 4) is 0 Å². The maximum Gasteiger partial charge on any atom is 0.338 e. The molecule has 1 N–H and O–H groups in total. The number of hydrogen-bond acceptors (Lipinski definition) is 6. The van der Waals surface area contributed by atoms with E-state index < -0.39 is 22.0 Å². The average Bonchev–Trinajstić information content (AvgIpc) is 3.13. The second-order valence-electron chi connectivity index (χ2n) is 9.28. The Labute approximate surface area is 218 Å². The number of urea groups is 1. The Bertz CT molecular complexity index is 1280. The molecule has 2 aliphatic rings. The number of ether oxygens (including phenoxy) is 1. The summed E-state index contributed by atoms with van der Waals surface area (Å²) in [5.41, 5.74) is 2.78. The highest BCUT2D eigenvalue weighted by Crippen LogP contribution is 2.32. The summed E-state index contributed by atoms with van der Waals surface area (Å²) < 4.78 is 33.2. The number of amides is 2. The predicted molar refractivity (Wildman–Crippen MR) is 140 cm³/mol. The first-order valence-corrected chi connectivity index (χ1v) is 13.9. The van der Waals surface area contributed by atoms with Crippen LogP contribution in [0.1, 0.15) is 30.5 Å². The molecule has 0 radical (unpaired) electrons. The van der Waals surface area contributed by atoms with Gasteiger partial charge < -0.3 is 10.1 Å². The van der Waals surface area contributed by atoms with Gasteiger partial charge in [0.05, 0.1) is 23.1 Å². The van der Waals surface area contributed by atoms with E-state index in [1.54, 1.807) is 44.3 Å². The van der Waals surface area contributed by atoms with Gasteiger partial charge in [0.2, 0.25) is 10.0 Å². The Morgan fingerprint density at radius 3 is 2.51 bits per heavy atom. The van der Waals surface area contributed by atoms with Gasteiger partial charge >= 0.3 is 12.0 Å². The molecular weight excluding hydrogens is 492 g/mol. The fourth-order valence-electron chi connectivity index (χ4n) is 4.80. The summed E-state index contributed by atoms with van der Waals surface area (Å²) in [5.74, 6) is -0.473. The molecule has 0 spiro atoms. The average molecular weight is 527 g/mol. The van der Waals surface area contributed by atoms with Gasteiger partial charge in [0, 0.05) is 38.9 Å². The minimum Gasteiger partial charge on any atom is -0.463 e. The van der Waals surface area contributed by atoms with Gasteiger partial charge in [-0.3, -0.25) is 9.80 Å². The summed E-state index contributed by atoms with van der Waals surface area (Å²) in [7, 11) is -1.96. The van der Waals surface area contributed by atoms with E-state index in [9.17, 15) is 18.0 Å². The van der Waals surface area contributed by atoms with E-state index in [1.165, 1.54) is 9.21 Å². The molecule has 9 nitrogen and oxygen atoms in total. The van der Waals surface area contributed by atoms with Crippen LogP contribution in [0.3, 0.4) is 0 Å². The smallest absolute Gasteiger partial charge is 0.338 e. The molecule has 0 saturated carbocycles. The van der Waals surface area contributed by atoms with Gasteiger partial charge in [0.15, 0.2) is 0 Å². The van der Waals surface area contributed by atoms with Crippen molar-refractivity contribution < 1.29 is 22.7 Å². The fraction of sp³-hybridized carbons (Fsp3) is 0.407. The van der Waals surface area contributed by atoms with Gasteiger partial charge in [-0.15, -0.1) is 0 Å². The topological polar surface area (TPSA) is 99.3 Å². The zero-order valence-corrected chi connectivity index (χ0v) is 22.3. The van der Waals surface area contributed by atoms with Crippen LogP contribution in [0.15, 0.2) is 70.8 Å². The highest BCUT2D eigenvalue weighted by atomic mass is 32.2. The lowest BCUT2D eigenvalue weighted by Gasteiger charge is -2.36. The number of sulfonamides is 1. The molecule has 2 amide bonds. The van der Waals surface area contributed by atoms with Crippen molar-refractivity contribution in [2.75, 3.05) is 46.4 Å². The van der Waals surface area contributed by atoms with E-state index in [2.05, 4.69) is 10.2 Å². The number of esters is 1. The van der Waals surface area contributed by atoms with Crippen molar-refractivity contribution in [1.82, 2.24) is 19.4 Å². The van der Waals surface area contributed by atoms with Crippen LogP contribution in [0, 0.1) is 6.92 Å². The maximum absolute atomic E-state index is 13.2. The van der Waals surface area contributed by atoms with Crippen LogP contribution in [-0.4, -0.2) is 80.9 Å². The summed E-state index contributed by atoms with van der Waals surface area (Å²) in [4.78, 5) is 30.0. The van der Waals surface area contributed by atoms with Gasteiger partial charge in [-0.05, 0) is 44.5 Å². The minimum absolute atomic E-state index is 0.212. The quantitative estimate of drug-likeness (QED) is 0.557. The zero-order valence-electron chi connectivity index (χ0n) is 21.5. The van der Waals surface area contributed by atoms with E-state index in [0.29, 0.717) is 50.4 Å². The number of benzene rings is 2. The molecule has 0 bridgehead atoms. The van der Waals surface area contributed by atoms with Crippen LogP contribution in [0.2, 0.25) is 0 Å². The van der Waals surface area contributed by atoms with E-state index >= 15 is 0 Å². The van der Waals surface area contributed by atoms with Crippen LogP contribution >= 0.6 is 0 Å². The monoisotopic (exact) mass is 526 g/mol. The normalized spacial score (nSPS) is 19.9. The van der Waals surface area contributed by atoms with Gasteiger partial charge in [0.1, 0.15) is 0 Å². The third kappa shape index (κ3) is 5.87. The molecule has 1 unspecified atom stereocenters. The van der Waals surface area contributed by atoms with E-state index in [0.717, 1.165) is 11.1 Å². The molecule has 2 heterocycles. The Morgan fingerprint density at radius 2 is 1.81 bits per heavy atom. The van der Waals surface area contributed by atoms with Crippen molar-refractivity contribution in [1.29, 1.82) is 0 Å². The summed E-state index contributed by atoms with van der Waals surface area (Å²) >= 11 is 0. The molecule has 1 fully saturated rings. The summed E-state index contributed by atoms with van der Waals surface area (Å²) in [6.07, 6.45) is 0.630. The molecule has 0 aliphatic carbocycles. The van der Waals surface area contributed by atoms with Crippen LogP contribution in [0.4, 0.5) is 4.79 Å². The van der Waals surface area contributed by atoms with E-state index in [4.69, 9.17) is 4.74 Å². The van der Waals surface area contributed by atoms with Crippen LogP contribution < -0.4 is 5.32 Å². The molecule has 198 valence electrons. The van der Waals surface area contributed by atoms with Crippen LogP contribution in [0.25, 0.3) is 0 Å². The van der Waals surface area contributed by atoms with Gasteiger partial charge in [-0.2, -0.15) is 4.31 Å². The number of rotatable bonds is 7. The van der Waals surface area contributed by atoms with Crippen LogP contribution in [0.5, 0.6) is 0 Å². The van der Waals surface area contributed by atoms with E-state index in [1.807, 2.05) is 31.2 Å². The lowest BCUT2D eigenvalue weighted by atomic mass is 9.93. The molecule has 2 aliphatic heterocycles. The van der Waals surface area contributed by atoms with Crippen molar-refractivity contribution >= 4 is 22.0 Å². The largest absolute Gasteiger partial charge is 0.463 e. The fourth-order valence-corrected chi connectivity index (χ4v) is 6.29.